The van der Waals surface area contributed by atoms with Gasteiger partial charge in [0.2, 0.25) is 10.0 Å². The van der Waals surface area contributed by atoms with E-state index >= 15 is 0 Å². The summed E-state index contributed by atoms with van der Waals surface area (Å²) < 4.78 is 36.9. The summed E-state index contributed by atoms with van der Waals surface area (Å²) in [6.45, 7) is 0.163. The monoisotopic (exact) mass is 251 g/mol. The summed E-state index contributed by atoms with van der Waals surface area (Å²) in [6, 6.07) is 4.20. The Balaban J connectivity index is 2.61. The average molecular weight is 252 g/mol. The molecule has 0 saturated heterocycles. The first-order valence-corrected chi connectivity index (χ1v) is 6.54. The van der Waals surface area contributed by atoms with Crippen LogP contribution in [0.1, 0.15) is 5.56 Å². The number of hydrogen-bond acceptors (Lipinski definition) is 2. The van der Waals surface area contributed by atoms with E-state index in [-0.39, 0.29) is 18.8 Å². The van der Waals surface area contributed by atoms with Gasteiger partial charge in [0.15, 0.2) is 0 Å². The van der Waals surface area contributed by atoms with Gasteiger partial charge in [0, 0.05) is 11.6 Å². The lowest BCUT2D eigenvalue weighted by Gasteiger charge is -2.04. The van der Waals surface area contributed by atoms with Crippen LogP contribution in [0.2, 0.25) is 5.02 Å². The maximum absolute atomic E-state index is 13.2. The maximum Gasteiger partial charge on any atom is 0.208 e. The highest BCUT2D eigenvalue weighted by molar-refractivity contribution is 7.88. The fourth-order valence-corrected chi connectivity index (χ4v) is 1.77. The van der Waals surface area contributed by atoms with Crippen molar-refractivity contribution in [3.8, 4) is 0 Å². The molecule has 0 aliphatic carbocycles. The Hall–Kier alpha value is -0.650. The Morgan fingerprint density at radius 2 is 2.13 bits per heavy atom. The van der Waals surface area contributed by atoms with Crippen LogP contribution < -0.4 is 4.72 Å². The summed E-state index contributed by atoms with van der Waals surface area (Å²) >= 11 is 5.68. The van der Waals surface area contributed by atoms with Gasteiger partial charge in [-0.3, -0.25) is 0 Å². The van der Waals surface area contributed by atoms with Crippen LogP contribution in [0.25, 0.3) is 0 Å². The number of sulfonamides is 1. The highest BCUT2D eigenvalue weighted by Crippen LogP contribution is 2.14. The van der Waals surface area contributed by atoms with Crippen molar-refractivity contribution in [2.24, 2.45) is 0 Å². The number of halogens is 2. The van der Waals surface area contributed by atoms with Crippen LogP contribution in [0.4, 0.5) is 4.39 Å². The van der Waals surface area contributed by atoms with Gasteiger partial charge in [-0.1, -0.05) is 11.6 Å². The quantitative estimate of drug-likeness (QED) is 0.883. The number of benzene rings is 1. The van der Waals surface area contributed by atoms with Crippen molar-refractivity contribution in [3.05, 3.63) is 34.6 Å². The van der Waals surface area contributed by atoms with Gasteiger partial charge in [-0.05, 0) is 30.2 Å². The predicted octanol–water partition coefficient (Wildman–Crippen LogP) is 1.57. The smallest absolute Gasteiger partial charge is 0.208 e. The van der Waals surface area contributed by atoms with E-state index in [0.717, 1.165) is 6.26 Å². The van der Waals surface area contributed by atoms with Gasteiger partial charge in [0.1, 0.15) is 5.82 Å². The minimum Gasteiger partial charge on any atom is -0.215 e. The Morgan fingerprint density at radius 1 is 1.47 bits per heavy atom. The molecule has 0 atom stereocenters. The Labute approximate surface area is 93.3 Å². The molecule has 0 radical (unpaired) electrons. The van der Waals surface area contributed by atoms with Crippen LogP contribution in [0, 0.1) is 5.82 Å². The van der Waals surface area contributed by atoms with Crippen LogP contribution >= 0.6 is 11.6 Å². The maximum atomic E-state index is 13.2. The predicted molar refractivity (Wildman–Crippen MR) is 58.0 cm³/mol. The summed E-state index contributed by atoms with van der Waals surface area (Å²) in [5, 5.41) is 0.436. The van der Waals surface area contributed by atoms with E-state index in [0.29, 0.717) is 10.6 Å². The summed E-state index contributed by atoms with van der Waals surface area (Å²) in [7, 11) is -3.22. The molecule has 0 amide bonds. The van der Waals surface area contributed by atoms with Crippen molar-refractivity contribution in [2.45, 2.75) is 6.42 Å². The van der Waals surface area contributed by atoms with E-state index in [1.165, 1.54) is 18.2 Å². The molecule has 0 fully saturated rings. The molecule has 0 aliphatic heterocycles. The van der Waals surface area contributed by atoms with E-state index in [1.54, 1.807) is 0 Å². The molecule has 0 aliphatic rings. The van der Waals surface area contributed by atoms with Gasteiger partial charge in [0.25, 0.3) is 0 Å². The molecule has 15 heavy (non-hydrogen) atoms. The highest BCUT2D eigenvalue weighted by atomic mass is 35.5. The van der Waals surface area contributed by atoms with Crippen molar-refractivity contribution in [3.63, 3.8) is 0 Å². The van der Waals surface area contributed by atoms with E-state index in [4.69, 9.17) is 11.6 Å². The van der Waals surface area contributed by atoms with Gasteiger partial charge < -0.3 is 0 Å². The molecular weight excluding hydrogens is 241 g/mol. The van der Waals surface area contributed by atoms with Crippen LogP contribution in [-0.2, 0) is 16.4 Å². The Morgan fingerprint density at radius 3 is 2.73 bits per heavy atom. The van der Waals surface area contributed by atoms with Gasteiger partial charge in [0.05, 0.1) is 6.26 Å². The standard InChI is InChI=1S/C9H11ClFNO2S/c1-15(13,14)12-5-4-7-6-8(10)2-3-9(7)11/h2-3,6,12H,4-5H2,1H3. The molecule has 84 valence electrons. The SMILES string of the molecule is CS(=O)(=O)NCCc1cc(Cl)ccc1F. The lowest BCUT2D eigenvalue weighted by molar-refractivity contribution is 0.583. The summed E-state index contributed by atoms with van der Waals surface area (Å²) in [4.78, 5) is 0. The fourth-order valence-electron chi connectivity index (χ4n) is 1.11. The zero-order valence-electron chi connectivity index (χ0n) is 8.13. The van der Waals surface area contributed by atoms with Crippen molar-refractivity contribution in [1.29, 1.82) is 0 Å². The largest absolute Gasteiger partial charge is 0.215 e. The molecule has 0 unspecified atom stereocenters. The first-order valence-electron chi connectivity index (χ1n) is 4.27. The van der Waals surface area contributed by atoms with E-state index in [9.17, 15) is 12.8 Å². The molecule has 1 aromatic rings. The van der Waals surface area contributed by atoms with Gasteiger partial charge >= 0.3 is 0 Å². The second kappa shape index (κ2) is 4.92. The summed E-state index contributed by atoms with van der Waals surface area (Å²) in [6.07, 6.45) is 1.33. The Bertz CT molecular complexity index is 447. The van der Waals surface area contributed by atoms with Gasteiger partial charge in [-0.15, -0.1) is 0 Å². The number of rotatable bonds is 4. The second-order valence-corrected chi connectivity index (χ2v) is 5.42. The van der Waals surface area contributed by atoms with Crippen LogP contribution in [0.3, 0.4) is 0 Å². The highest BCUT2D eigenvalue weighted by Gasteiger charge is 2.04. The molecule has 0 spiro atoms. The van der Waals surface area contributed by atoms with E-state index in [2.05, 4.69) is 4.72 Å². The third-order valence-corrected chi connectivity index (χ3v) is 2.73. The van der Waals surface area contributed by atoms with Crippen molar-refractivity contribution in [1.82, 2.24) is 4.72 Å². The molecule has 0 saturated carbocycles. The first kappa shape index (κ1) is 12.4. The second-order valence-electron chi connectivity index (χ2n) is 3.15. The molecule has 3 nitrogen and oxygen atoms in total. The molecule has 6 heteroatoms. The molecular formula is C9H11ClFNO2S. The summed E-state index contributed by atoms with van der Waals surface area (Å²) in [5.41, 5.74) is 0.402. The van der Waals surface area contributed by atoms with Crippen molar-refractivity contribution < 1.29 is 12.8 Å². The minimum atomic E-state index is -3.22. The number of hydrogen-bond donors (Lipinski definition) is 1. The minimum absolute atomic E-state index is 0.163. The third kappa shape index (κ3) is 4.59. The number of nitrogens with one attached hydrogen (secondary N) is 1. The summed E-state index contributed by atoms with van der Waals surface area (Å²) in [5.74, 6) is -0.380. The molecule has 0 heterocycles. The molecule has 0 aromatic heterocycles. The van der Waals surface area contributed by atoms with Crippen LogP contribution in [0.15, 0.2) is 18.2 Å². The van der Waals surface area contributed by atoms with Gasteiger partial charge in [-0.25, -0.2) is 17.5 Å². The van der Waals surface area contributed by atoms with E-state index < -0.39 is 10.0 Å². The normalized spacial score (nSPS) is 11.7. The zero-order valence-corrected chi connectivity index (χ0v) is 9.70. The topological polar surface area (TPSA) is 46.2 Å². The van der Waals surface area contributed by atoms with Gasteiger partial charge in [-0.2, -0.15) is 0 Å². The Kier molecular flexibility index (Phi) is 4.07. The average Bonchev–Trinajstić information content (AvgIpc) is 2.09. The molecule has 0 bridgehead atoms. The third-order valence-electron chi connectivity index (χ3n) is 1.77. The van der Waals surface area contributed by atoms with Crippen molar-refractivity contribution >= 4 is 21.6 Å². The lowest BCUT2D eigenvalue weighted by Crippen LogP contribution is -2.24. The van der Waals surface area contributed by atoms with E-state index in [1.807, 2.05) is 0 Å². The van der Waals surface area contributed by atoms with Crippen LogP contribution in [-0.4, -0.2) is 21.2 Å². The zero-order chi connectivity index (χ0) is 11.5. The molecule has 1 N–H and O–H groups in total. The molecule has 1 rings (SSSR count). The first-order chi connectivity index (χ1) is 6.88. The lowest BCUT2D eigenvalue weighted by atomic mass is 10.1. The van der Waals surface area contributed by atoms with Crippen molar-refractivity contribution in [2.75, 3.05) is 12.8 Å². The molecule has 1 aromatic carbocycles. The fraction of sp³-hybridized carbons (Fsp3) is 0.333. The van der Waals surface area contributed by atoms with Crippen LogP contribution in [0.5, 0.6) is 0 Å².